The molecule has 2 aliphatic rings. The standard InChI is InChI=1S/C17H26N6O4S.ClH/c18-14-11-15(21-17(20-14)28-7-6-22-4-2-1-3-5-22)23(9-19-11)16-13(26)12(25)10(8-24)27-16;/h9-10,12-13,16,24-26H,1-8H2,(H2,18,20,21);1H/t10-,12-,13-,16-;/m1./s1. The molecular formula is C17H27ClN6O4S. The van der Waals surface area contributed by atoms with Crippen LogP contribution >= 0.6 is 24.2 Å². The second kappa shape index (κ2) is 9.73. The van der Waals surface area contributed by atoms with Gasteiger partial charge in [0, 0.05) is 12.3 Å². The minimum Gasteiger partial charge on any atom is -0.394 e. The van der Waals surface area contributed by atoms with Gasteiger partial charge in [-0.05, 0) is 25.9 Å². The summed E-state index contributed by atoms with van der Waals surface area (Å²) in [5, 5.41) is 30.1. The van der Waals surface area contributed by atoms with Gasteiger partial charge in [-0.1, -0.05) is 18.2 Å². The van der Waals surface area contributed by atoms with Crippen molar-refractivity contribution >= 4 is 41.2 Å². The van der Waals surface area contributed by atoms with E-state index in [0.717, 1.165) is 25.4 Å². The summed E-state index contributed by atoms with van der Waals surface area (Å²) in [6.45, 7) is 2.86. The lowest BCUT2D eigenvalue weighted by molar-refractivity contribution is -0.0511. The Balaban J connectivity index is 0.00000240. The van der Waals surface area contributed by atoms with Crippen molar-refractivity contribution in [1.82, 2.24) is 24.4 Å². The number of hydrogen-bond donors (Lipinski definition) is 4. The molecule has 0 aromatic carbocycles. The lowest BCUT2D eigenvalue weighted by Crippen LogP contribution is -2.33. The number of likely N-dealkylation sites (tertiary alicyclic amines) is 1. The average Bonchev–Trinajstić information content (AvgIpc) is 3.24. The predicted octanol–water partition coefficient (Wildman–Crippen LogP) is 0.0198. The number of piperidine rings is 1. The summed E-state index contributed by atoms with van der Waals surface area (Å²) in [6, 6.07) is 0. The van der Waals surface area contributed by atoms with Crippen molar-refractivity contribution in [2.24, 2.45) is 0 Å². The van der Waals surface area contributed by atoms with Gasteiger partial charge in [0.25, 0.3) is 0 Å². The topological polar surface area (TPSA) is 143 Å². The maximum atomic E-state index is 10.3. The Morgan fingerprint density at radius 1 is 1.17 bits per heavy atom. The van der Waals surface area contributed by atoms with Gasteiger partial charge < -0.3 is 30.7 Å². The fourth-order valence-corrected chi connectivity index (χ4v) is 4.57. The van der Waals surface area contributed by atoms with Crippen LogP contribution in [0, 0.1) is 0 Å². The number of aromatic nitrogens is 4. The summed E-state index contributed by atoms with van der Waals surface area (Å²) in [7, 11) is 0. The van der Waals surface area contributed by atoms with Crippen LogP contribution in [0.5, 0.6) is 0 Å². The normalized spacial score (nSPS) is 28.0. The lowest BCUT2D eigenvalue weighted by atomic mass is 10.1. The Morgan fingerprint density at radius 3 is 2.62 bits per heavy atom. The number of fused-ring (bicyclic) bond motifs is 1. The lowest BCUT2D eigenvalue weighted by Gasteiger charge is -2.25. The zero-order chi connectivity index (χ0) is 19.7. The molecule has 4 rings (SSSR count). The number of nitrogens with zero attached hydrogens (tertiary/aromatic N) is 5. The second-order valence-corrected chi connectivity index (χ2v) is 8.26. The first kappa shape index (κ1) is 22.5. The quantitative estimate of drug-likeness (QED) is 0.354. The van der Waals surface area contributed by atoms with E-state index in [-0.39, 0.29) is 18.2 Å². The number of aliphatic hydroxyl groups excluding tert-OH is 3. The smallest absolute Gasteiger partial charge is 0.191 e. The first-order valence-electron chi connectivity index (χ1n) is 9.56. The third-order valence-electron chi connectivity index (χ3n) is 5.31. The summed E-state index contributed by atoms with van der Waals surface area (Å²) in [5.41, 5.74) is 6.90. The Morgan fingerprint density at radius 2 is 1.93 bits per heavy atom. The SMILES string of the molecule is Cl.Nc1nc(SCCN2CCCCC2)nc2c1ncn2[C@@H]1O[C@H](CO)[C@@H](O)[C@H]1O. The van der Waals surface area contributed by atoms with Crippen molar-refractivity contribution in [1.29, 1.82) is 0 Å². The molecule has 0 radical (unpaired) electrons. The molecule has 2 aromatic heterocycles. The van der Waals surface area contributed by atoms with E-state index in [1.165, 1.54) is 41.9 Å². The van der Waals surface area contributed by atoms with E-state index in [9.17, 15) is 15.3 Å². The maximum absolute atomic E-state index is 10.3. The summed E-state index contributed by atoms with van der Waals surface area (Å²) in [4.78, 5) is 15.6. The maximum Gasteiger partial charge on any atom is 0.191 e. The van der Waals surface area contributed by atoms with Gasteiger partial charge in [0.1, 0.15) is 23.8 Å². The molecule has 2 saturated heterocycles. The fourth-order valence-electron chi connectivity index (χ4n) is 3.73. The third kappa shape index (κ3) is 4.61. The number of imidazole rings is 1. The van der Waals surface area contributed by atoms with Gasteiger partial charge in [0.15, 0.2) is 22.8 Å². The van der Waals surface area contributed by atoms with E-state index in [2.05, 4.69) is 19.9 Å². The number of nitrogens with two attached hydrogens (primary N) is 1. The minimum atomic E-state index is -1.21. The van der Waals surface area contributed by atoms with Crippen LogP contribution in [0.15, 0.2) is 11.5 Å². The zero-order valence-electron chi connectivity index (χ0n) is 15.9. The molecule has 5 N–H and O–H groups in total. The van der Waals surface area contributed by atoms with Crippen LogP contribution in [-0.4, -0.2) is 90.0 Å². The van der Waals surface area contributed by atoms with Crippen molar-refractivity contribution in [3.05, 3.63) is 6.33 Å². The van der Waals surface area contributed by atoms with Crippen LogP contribution in [0.25, 0.3) is 11.2 Å². The van der Waals surface area contributed by atoms with E-state index in [1.54, 1.807) is 0 Å². The monoisotopic (exact) mass is 446 g/mol. The molecule has 10 nitrogen and oxygen atoms in total. The Bertz CT molecular complexity index is 821. The molecule has 12 heteroatoms. The highest BCUT2D eigenvalue weighted by molar-refractivity contribution is 7.99. The molecule has 2 aromatic rings. The van der Waals surface area contributed by atoms with Crippen LogP contribution < -0.4 is 5.73 Å². The number of hydrogen-bond acceptors (Lipinski definition) is 10. The summed E-state index contributed by atoms with van der Waals surface area (Å²) >= 11 is 1.53. The molecule has 2 aliphatic heterocycles. The van der Waals surface area contributed by atoms with Crippen molar-refractivity contribution in [2.45, 2.75) is 49.0 Å². The van der Waals surface area contributed by atoms with Gasteiger partial charge in [-0.15, -0.1) is 12.4 Å². The molecule has 2 fully saturated rings. The Labute approximate surface area is 178 Å². The number of anilines is 1. The summed E-state index contributed by atoms with van der Waals surface area (Å²) < 4.78 is 7.12. The van der Waals surface area contributed by atoms with E-state index < -0.39 is 31.1 Å². The number of aliphatic hydroxyl groups is 3. The van der Waals surface area contributed by atoms with E-state index in [4.69, 9.17) is 10.5 Å². The first-order chi connectivity index (χ1) is 13.6. The van der Waals surface area contributed by atoms with Gasteiger partial charge in [0.2, 0.25) is 0 Å². The average molecular weight is 447 g/mol. The molecule has 4 atom stereocenters. The highest BCUT2D eigenvalue weighted by Gasteiger charge is 2.44. The van der Waals surface area contributed by atoms with E-state index in [1.807, 2.05) is 0 Å². The van der Waals surface area contributed by atoms with Crippen LogP contribution in [-0.2, 0) is 4.74 Å². The Kier molecular flexibility index (Phi) is 7.54. The van der Waals surface area contributed by atoms with Crippen molar-refractivity contribution < 1.29 is 20.1 Å². The number of rotatable bonds is 6. The minimum absolute atomic E-state index is 0. The number of nitrogen functional groups attached to an aromatic ring is 1. The van der Waals surface area contributed by atoms with Gasteiger partial charge in [-0.25, -0.2) is 15.0 Å². The van der Waals surface area contributed by atoms with Gasteiger partial charge in [0.05, 0.1) is 12.9 Å². The highest BCUT2D eigenvalue weighted by Crippen LogP contribution is 2.32. The van der Waals surface area contributed by atoms with Gasteiger partial charge >= 0.3 is 0 Å². The molecule has 0 aliphatic carbocycles. The molecular weight excluding hydrogens is 420 g/mol. The highest BCUT2D eigenvalue weighted by atomic mass is 35.5. The Hall–Kier alpha value is -1.21. The third-order valence-corrected chi connectivity index (χ3v) is 6.13. The molecule has 0 unspecified atom stereocenters. The van der Waals surface area contributed by atoms with E-state index in [0.29, 0.717) is 16.3 Å². The first-order valence-corrected chi connectivity index (χ1v) is 10.5. The fraction of sp³-hybridized carbons (Fsp3) is 0.706. The van der Waals surface area contributed by atoms with Gasteiger partial charge in [-0.3, -0.25) is 4.57 Å². The molecule has 0 bridgehead atoms. The van der Waals surface area contributed by atoms with Crippen molar-refractivity contribution in [3.8, 4) is 0 Å². The van der Waals surface area contributed by atoms with Crippen LogP contribution in [0.3, 0.4) is 0 Å². The summed E-state index contributed by atoms with van der Waals surface area (Å²) in [6.07, 6.45) is 1.11. The molecule has 29 heavy (non-hydrogen) atoms. The van der Waals surface area contributed by atoms with Gasteiger partial charge in [-0.2, -0.15) is 0 Å². The van der Waals surface area contributed by atoms with Crippen LogP contribution in [0.4, 0.5) is 5.82 Å². The number of halogens is 1. The largest absolute Gasteiger partial charge is 0.394 e. The molecule has 4 heterocycles. The predicted molar refractivity (Wildman–Crippen MR) is 111 cm³/mol. The second-order valence-electron chi connectivity index (χ2n) is 7.20. The van der Waals surface area contributed by atoms with Crippen molar-refractivity contribution in [3.63, 3.8) is 0 Å². The summed E-state index contributed by atoms with van der Waals surface area (Å²) in [5.74, 6) is 1.11. The number of ether oxygens (including phenoxy) is 1. The van der Waals surface area contributed by atoms with Crippen LogP contribution in [0.2, 0.25) is 0 Å². The van der Waals surface area contributed by atoms with Crippen molar-refractivity contribution in [2.75, 3.05) is 37.7 Å². The number of thioether (sulfide) groups is 1. The molecule has 0 amide bonds. The van der Waals surface area contributed by atoms with Crippen LogP contribution in [0.1, 0.15) is 25.5 Å². The molecule has 0 spiro atoms. The van der Waals surface area contributed by atoms with E-state index >= 15 is 0 Å². The zero-order valence-corrected chi connectivity index (χ0v) is 17.6. The molecule has 0 saturated carbocycles. The molecule has 162 valence electrons.